The van der Waals surface area contributed by atoms with Gasteiger partial charge >= 0.3 is 0 Å². The third kappa shape index (κ3) is 2.69. The van der Waals surface area contributed by atoms with Gasteiger partial charge in [-0.3, -0.25) is 9.59 Å². The second-order valence-corrected chi connectivity index (χ2v) is 3.30. The predicted octanol–water partition coefficient (Wildman–Crippen LogP) is -1.46. The molecule has 0 aromatic rings. The highest BCUT2D eigenvalue weighted by Crippen LogP contribution is 2.13. The average molecular weight is 185 g/mol. The number of nitrogens with two attached hydrogens (primary N) is 1. The summed E-state index contributed by atoms with van der Waals surface area (Å²) in [6.07, 6.45) is 0. The van der Waals surface area contributed by atoms with E-state index >= 15 is 0 Å². The van der Waals surface area contributed by atoms with Crippen LogP contribution in [-0.4, -0.2) is 42.9 Å². The van der Waals surface area contributed by atoms with E-state index in [1.54, 1.807) is 11.8 Å². The third-order valence-electron chi connectivity index (χ3n) is 2.18. The van der Waals surface area contributed by atoms with Crippen LogP contribution in [0.5, 0.6) is 0 Å². The van der Waals surface area contributed by atoms with Crippen LogP contribution in [0.1, 0.15) is 6.92 Å². The maximum atomic E-state index is 10.8. The van der Waals surface area contributed by atoms with Crippen molar-refractivity contribution in [1.82, 2.24) is 10.2 Å². The van der Waals surface area contributed by atoms with Gasteiger partial charge in [0.05, 0.1) is 6.54 Å². The van der Waals surface area contributed by atoms with Crippen LogP contribution >= 0.6 is 0 Å². The van der Waals surface area contributed by atoms with Crippen molar-refractivity contribution < 1.29 is 9.59 Å². The van der Waals surface area contributed by atoms with E-state index in [4.69, 9.17) is 5.73 Å². The molecule has 1 fully saturated rings. The molecule has 0 unspecified atom stereocenters. The van der Waals surface area contributed by atoms with Crippen molar-refractivity contribution in [2.45, 2.75) is 6.92 Å². The van der Waals surface area contributed by atoms with E-state index in [1.807, 2.05) is 0 Å². The number of hydrogen-bond donors (Lipinski definition) is 2. The minimum absolute atomic E-state index is 0.0309. The van der Waals surface area contributed by atoms with Gasteiger partial charge in [-0.05, 0) is 0 Å². The molecule has 0 atom stereocenters. The van der Waals surface area contributed by atoms with Gasteiger partial charge in [0, 0.05) is 32.5 Å². The normalized spacial score (nSPS) is 16.6. The monoisotopic (exact) mass is 185 g/mol. The summed E-state index contributed by atoms with van der Waals surface area (Å²) in [5, 5.41) is 2.69. The SMILES string of the molecule is CC(=O)N1CC(CNC(=O)CN)C1. The van der Waals surface area contributed by atoms with Gasteiger partial charge in [0.2, 0.25) is 11.8 Å². The Hall–Kier alpha value is -1.10. The predicted molar refractivity (Wildman–Crippen MR) is 47.8 cm³/mol. The number of likely N-dealkylation sites (tertiary alicyclic amines) is 1. The lowest BCUT2D eigenvalue weighted by molar-refractivity contribution is -0.135. The highest BCUT2D eigenvalue weighted by atomic mass is 16.2. The molecule has 13 heavy (non-hydrogen) atoms. The van der Waals surface area contributed by atoms with E-state index in [-0.39, 0.29) is 18.4 Å². The molecule has 1 saturated heterocycles. The van der Waals surface area contributed by atoms with Crippen molar-refractivity contribution in [2.24, 2.45) is 11.7 Å². The Morgan fingerprint density at radius 2 is 2.15 bits per heavy atom. The number of nitrogens with zero attached hydrogens (tertiary/aromatic N) is 1. The number of amides is 2. The molecule has 0 saturated carbocycles. The zero-order chi connectivity index (χ0) is 9.84. The quantitative estimate of drug-likeness (QED) is 0.564. The molecule has 1 rings (SSSR count). The van der Waals surface area contributed by atoms with Crippen LogP contribution in [0.4, 0.5) is 0 Å². The molecule has 2 amide bonds. The molecule has 0 aliphatic carbocycles. The highest BCUT2D eigenvalue weighted by molar-refractivity contribution is 5.77. The molecule has 5 heteroatoms. The van der Waals surface area contributed by atoms with E-state index < -0.39 is 0 Å². The van der Waals surface area contributed by atoms with Gasteiger partial charge in [-0.1, -0.05) is 0 Å². The molecular weight excluding hydrogens is 170 g/mol. The highest BCUT2D eigenvalue weighted by Gasteiger charge is 2.28. The van der Waals surface area contributed by atoms with Gasteiger partial charge in [0.15, 0.2) is 0 Å². The Labute approximate surface area is 77.3 Å². The molecular formula is C8H15N3O2. The third-order valence-corrected chi connectivity index (χ3v) is 2.18. The number of carbonyl (C=O) groups is 2. The van der Waals surface area contributed by atoms with Crippen molar-refractivity contribution in [3.05, 3.63) is 0 Å². The topological polar surface area (TPSA) is 75.4 Å². The molecule has 0 spiro atoms. The van der Waals surface area contributed by atoms with Crippen LogP contribution in [0, 0.1) is 5.92 Å². The first-order chi connectivity index (χ1) is 6.13. The molecule has 0 radical (unpaired) electrons. The number of nitrogens with one attached hydrogen (secondary N) is 1. The molecule has 0 aromatic heterocycles. The lowest BCUT2D eigenvalue weighted by Crippen LogP contribution is -2.53. The first kappa shape index (κ1) is 9.98. The Balaban J connectivity index is 2.08. The van der Waals surface area contributed by atoms with Crippen LogP contribution in [0.3, 0.4) is 0 Å². The number of rotatable bonds is 3. The second kappa shape index (κ2) is 4.23. The summed E-state index contributed by atoms with van der Waals surface area (Å²) in [5.74, 6) is 0.363. The fourth-order valence-corrected chi connectivity index (χ4v) is 1.29. The van der Waals surface area contributed by atoms with E-state index in [1.165, 1.54) is 0 Å². The van der Waals surface area contributed by atoms with Crippen LogP contribution in [0.25, 0.3) is 0 Å². The van der Waals surface area contributed by atoms with Crippen LogP contribution < -0.4 is 11.1 Å². The van der Waals surface area contributed by atoms with E-state index in [9.17, 15) is 9.59 Å². The van der Waals surface area contributed by atoms with Crippen molar-refractivity contribution in [3.8, 4) is 0 Å². The van der Waals surface area contributed by atoms with Crippen LogP contribution in [-0.2, 0) is 9.59 Å². The first-order valence-electron chi connectivity index (χ1n) is 4.35. The standard InChI is InChI=1S/C8H15N3O2/c1-6(12)11-4-7(5-11)3-10-8(13)2-9/h7H,2-5,9H2,1H3,(H,10,13). The van der Waals surface area contributed by atoms with Gasteiger partial charge in [-0.25, -0.2) is 0 Å². The molecule has 1 aliphatic heterocycles. The van der Waals surface area contributed by atoms with Crippen molar-refractivity contribution >= 4 is 11.8 Å². The van der Waals surface area contributed by atoms with Crippen LogP contribution in [0.2, 0.25) is 0 Å². The van der Waals surface area contributed by atoms with Gasteiger partial charge in [0.25, 0.3) is 0 Å². The van der Waals surface area contributed by atoms with Gasteiger partial charge in [-0.2, -0.15) is 0 Å². The van der Waals surface area contributed by atoms with Crippen molar-refractivity contribution in [2.75, 3.05) is 26.2 Å². The fourth-order valence-electron chi connectivity index (χ4n) is 1.29. The van der Waals surface area contributed by atoms with E-state index in [0.29, 0.717) is 12.5 Å². The van der Waals surface area contributed by atoms with Gasteiger partial charge < -0.3 is 16.0 Å². The maximum absolute atomic E-state index is 10.8. The minimum Gasteiger partial charge on any atom is -0.355 e. The summed E-state index contributed by atoms with van der Waals surface area (Å²) in [7, 11) is 0. The molecule has 0 bridgehead atoms. The Kier molecular flexibility index (Phi) is 3.25. The summed E-state index contributed by atoms with van der Waals surface area (Å²) >= 11 is 0. The summed E-state index contributed by atoms with van der Waals surface area (Å²) in [6, 6.07) is 0. The lowest BCUT2D eigenvalue weighted by atomic mass is 10.0. The Morgan fingerprint density at radius 1 is 1.54 bits per heavy atom. The van der Waals surface area contributed by atoms with Crippen LogP contribution in [0.15, 0.2) is 0 Å². The molecule has 1 heterocycles. The maximum Gasteiger partial charge on any atom is 0.233 e. The molecule has 5 nitrogen and oxygen atoms in total. The Morgan fingerprint density at radius 3 is 2.62 bits per heavy atom. The van der Waals surface area contributed by atoms with Crippen molar-refractivity contribution in [1.29, 1.82) is 0 Å². The molecule has 74 valence electrons. The smallest absolute Gasteiger partial charge is 0.233 e. The Bertz CT molecular complexity index is 211. The van der Waals surface area contributed by atoms with E-state index in [0.717, 1.165) is 13.1 Å². The summed E-state index contributed by atoms with van der Waals surface area (Å²) < 4.78 is 0. The zero-order valence-electron chi connectivity index (χ0n) is 7.75. The second-order valence-electron chi connectivity index (χ2n) is 3.30. The van der Waals surface area contributed by atoms with Crippen molar-refractivity contribution in [3.63, 3.8) is 0 Å². The first-order valence-corrected chi connectivity index (χ1v) is 4.35. The average Bonchev–Trinajstić information content (AvgIpc) is 2.00. The molecule has 0 aromatic carbocycles. The summed E-state index contributed by atoms with van der Waals surface area (Å²) in [5.41, 5.74) is 5.12. The molecule has 3 N–H and O–H groups in total. The number of carbonyl (C=O) groups excluding carboxylic acids is 2. The van der Waals surface area contributed by atoms with Gasteiger partial charge in [0.1, 0.15) is 0 Å². The number of hydrogen-bond acceptors (Lipinski definition) is 3. The summed E-state index contributed by atoms with van der Waals surface area (Å²) in [6.45, 7) is 3.71. The van der Waals surface area contributed by atoms with Gasteiger partial charge in [-0.15, -0.1) is 0 Å². The lowest BCUT2D eigenvalue weighted by Gasteiger charge is -2.38. The zero-order valence-corrected chi connectivity index (χ0v) is 7.75. The molecule has 1 aliphatic rings. The fraction of sp³-hybridized carbons (Fsp3) is 0.750. The van der Waals surface area contributed by atoms with E-state index in [2.05, 4.69) is 5.32 Å². The largest absolute Gasteiger partial charge is 0.355 e. The minimum atomic E-state index is -0.138. The summed E-state index contributed by atoms with van der Waals surface area (Å²) in [4.78, 5) is 23.3.